The van der Waals surface area contributed by atoms with Crippen LogP contribution in [0.1, 0.15) is 32.8 Å². The van der Waals surface area contributed by atoms with Gasteiger partial charge in [0.1, 0.15) is 5.60 Å². The zero-order valence-corrected chi connectivity index (χ0v) is 14.9. The van der Waals surface area contributed by atoms with Gasteiger partial charge in [0.15, 0.2) is 0 Å². The molecule has 1 aliphatic rings. The van der Waals surface area contributed by atoms with Crippen LogP contribution in [0.15, 0.2) is 30.3 Å². The van der Waals surface area contributed by atoms with E-state index in [0.717, 1.165) is 12.0 Å². The summed E-state index contributed by atoms with van der Waals surface area (Å²) in [6, 6.07) is 9.76. The van der Waals surface area contributed by atoms with E-state index in [1.54, 1.807) is 16.8 Å². The normalized spacial score (nSPS) is 19.6. The zero-order chi connectivity index (χ0) is 17.7. The van der Waals surface area contributed by atoms with Crippen LogP contribution in [0, 0.1) is 0 Å². The first kappa shape index (κ1) is 18.7. The Morgan fingerprint density at radius 3 is 2.67 bits per heavy atom. The summed E-state index contributed by atoms with van der Waals surface area (Å²) in [4.78, 5) is 15.5. The molecular weight excluding hydrogens is 308 g/mol. The molecule has 0 bridgehead atoms. The largest absolute Gasteiger partial charge is 0.444 e. The second-order valence-corrected chi connectivity index (χ2v) is 7.16. The number of rotatable bonds is 5. The summed E-state index contributed by atoms with van der Waals surface area (Å²) in [6.07, 6.45) is -0.534. The lowest BCUT2D eigenvalue weighted by Crippen LogP contribution is -2.44. The Kier molecular flexibility index (Phi) is 6.21. The number of hydrogen-bond acceptors (Lipinski definition) is 5. The smallest absolute Gasteiger partial charge is 0.410 e. The average molecular weight is 336 g/mol. The summed E-state index contributed by atoms with van der Waals surface area (Å²) in [5.41, 5.74) is 0.506. The maximum atomic E-state index is 12.1. The van der Waals surface area contributed by atoms with Gasteiger partial charge >= 0.3 is 6.09 Å². The predicted molar refractivity (Wildman–Crippen MR) is 91.2 cm³/mol. The fourth-order valence-electron chi connectivity index (χ4n) is 2.61. The molecule has 1 unspecified atom stereocenters. The van der Waals surface area contributed by atoms with E-state index < -0.39 is 12.0 Å². The van der Waals surface area contributed by atoms with Gasteiger partial charge < -0.3 is 19.5 Å². The van der Waals surface area contributed by atoms with Crippen LogP contribution in [-0.4, -0.2) is 59.2 Å². The zero-order valence-electron chi connectivity index (χ0n) is 14.9. The van der Waals surface area contributed by atoms with Gasteiger partial charge in [-0.2, -0.15) is 0 Å². The second kappa shape index (κ2) is 7.96. The van der Waals surface area contributed by atoms with Gasteiger partial charge in [-0.05, 0) is 39.8 Å². The van der Waals surface area contributed by atoms with Crippen LogP contribution in [-0.2, 0) is 16.1 Å². The molecule has 24 heavy (non-hydrogen) atoms. The van der Waals surface area contributed by atoms with E-state index in [0.29, 0.717) is 19.7 Å². The van der Waals surface area contributed by atoms with Gasteiger partial charge in [-0.3, -0.25) is 4.90 Å². The van der Waals surface area contributed by atoms with Crippen molar-refractivity contribution in [1.82, 2.24) is 9.80 Å². The van der Waals surface area contributed by atoms with E-state index in [1.165, 1.54) is 0 Å². The lowest BCUT2D eigenvalue weighted by molar-refractivity contribution is -0.202. The Labute approximate surface area is 144 Å². The van der Waals surface area contributed by atoms with Crippen molar-refractivity contribution in [2.45, 2.75) is 51.9 Å². The minimum atomic E-state index is -1.01. The lowest BCUT2D eigenvalue weighted by atomic mass is 10.2. The Morgan fingerprint density at radius 1 is 1.38 bits per heavy atom. The average Bonchev–Trinajstić information content (AvgIpc) is 3.01. The molecule has 6 heteroatoms. The molecule has 1 aromatic carbocycles. The summed E-state index contributed by atoms with van der Waals surface area (Å²) < 4.78 is 10.9. The van der Waals surface area contributed by atoms with Gasteiger partial charge in [0.05, 0.1) is 6.61 Å². The molecule has 0 aromatic heterocycles. The molecule has 1 N–H and O–H groups in total. The number of benzene rings is 1. The summed E-state index contributed by atoms with van der Waals surface area (Å²) in [5, 5.41) is 10.2. The molecule has 2 rings (SSSR count). The summed E-state index contributed by atoms with van der Waals surface area (Å²) in [5.74, 6) is 0. The third-order valence-corrected chi connectivity index (χ3v) is 3.98. The highest BCUT2D eigenvalue weighted by Crippen LogP contribution is 2.19. The molecule has 0 radical (unpaired) electrons. The maximum Gasteiger partial charge on any atom is 0.410 e. The summed E-state index contributed by atoms with van der Waals surface area (Å²) in [7, 11) is 1.80. The van der Waals surface area contributed by atoms with Crippen LogP contribution >= 0.6 is 0 Å². The van der Waals surface area contributed by atoms with Crippen molar-refractivity contribution >= 4 is 6.09 Å². The van der Waals surface area contributed by atoms with Crippen molar-refractivity contribution in [3.05, 3.63) is 35.9 Å². The molecule has 0 spiro atoms. The van der Waals surface area contributed by atoms with Gasteiger partial charge in [-0.25, -0.2) is 4.79 Å². The van der Waals surface area contributed by atoms with Crippen molar-refractivity contribution in [2.75, 3.05) is 20.1 Å². The molecule has 1 aliphatic heterocycles. The first-order valence-corrected chi connectivity index (χ1v) is 8.30. The van der Waals surface area contributed by atoms with Gasteiger partial charge in [0.2, 0.25) is 6.41 Å². The highest BCUT2D eigenvalue weighted by Gasteiger charge is 2.33. The number of amides is 1. The highest BCUT2D eigenvalue weighted by molar-refractivity contribution is 5.68. The molecule has 2 atom stereocenters. The number of hydrogen-bond donors (Lipinski definition) is 1. The fourth-order valence-corrected chi connectivity index (χ4v) is 2.61. The first-order valence-electron chi connectivity index (χ1n) is 8.30. The number of likely N-dealkylation sites (tertiary alicyclic amines) is 1. The number of carbonyl (C=O) groups is 1. The van der Waals surface area contributed by atoms with Crippen molar-refractivity contribution in [2.24, 2.45) is 0 Å². The minimum absolute atomic E-state index is 0.0447. The molecular formula is C18H28N2O4. The number of aliphatic hydroxyl groups is 1. The molecule has 1 amide bonds. The molecule has 1 heterocycles. The van der Waals surface area contributed by atoms with E-state index in [2.05, 4.69) is 0 Å². The molecule has 0 saturated carbocycles. The van der Waals surface area contributed by atoms with E-state index in [4.69, 9.17) is 9.47 Å². The third kappa shape index (κ3) is 5.47. The lowest BCUT2D eigenvalue weighted by Gasteiger charge is -2.29. The number of likely N-dealkylation sites (N-methyl/N-ethyl adjacent to an activating group) is 1. The quantitative estimate of drug-likeness (QED) is 0.837. The van der Waals surface area contributed by atoms with Gasteiger partial charge in [-0.15, -0.1) is 0 Å². The topological polar surface area (TPSA) is 62.2 Å². The van der Waals surface area contributed by atoms with Crippen molar-refractivity contribution in [3.8, 4) is 0 Å². The van der Waals surface area contributed by atoms with Crippen LogP contribution in [0.2, 0.25) is 0 Å². The third-order valence-electron chi connectivity index (χ3n) is 3.98. The highest BCUT2D eigenvalue weighted by atomic mass is 16.6. The van der Waals surface area contributed by atoms with Gasteiger partial charge in [0.25, 0.3) is 0 Å². The van der Waals surface area contributed by atoms with Crippen LogP contribution < -0.4 is 0 Å². The van der Waals surface area contributed by atoms with Crippen molar-refractivity contribution < 1.29 is 19.4 Å². The standard InChI is InChI=1S/C18H28N2O4/c1-18(2,3)24-17(22)20-11-10-15(12-20)19(4)16(21)23-13-14-8-6-5-7-9-14/h5-9,15-16,21H,10-13H2,1-4H3/t15-,16?/m1/s1. The Morgan fingerprint density at radius 2 is 2.04 bits per heavy atom. The van der Waals surface area contributed by atoms with E-state index in [-0.39, 0.29) is 12.1 Å². The van der Waals surface area contributed by atoms with Crippen LogP contribution in [0.5, 0.6) is 0 Å². The van der Waals surface area contributed by atoms with Crippen LogP contribution in [0.4, 0.5) is 4.79 Å². The molecule has 134 valence electrons. The van der Waals surface area contributed by atoms with Crippen molar-refractivity contribution in [1.29, 1.82) is 0 Å². The molecule has 1 fully saturated rings. The van der Waals surface area contributed by atoms with E-state index in [9.17, 15) is 9.90 Å². The second-order valence-electron chi connectivity index (χ2n) is 7.16. The Balaban J connectivity index is 1.80. The predicted octanol–water partition coefficient (Wildman–Crippen LogP) is 2.42. The number of carbonyl (C=O) groups excluding carboxylic acids is 1. The number of nitrogens with zero attached hydrogens (tertiary/aromatic N) is 2. The molecule has 0 aliphatic carbocycles. The van der Waals surface area contributed by atoms with Crippen molar-refractivity contribution in [3.63, 3.8) is 0 Å². The van der Waals surface area contributed by atoms with Crippen LogP contribution in [0.3, 0.4) is 0 Å². The van der Waals surface area contributed by atoms with Crippen LogP contribution in [0.25, 0.3) is 0 Å². The summed E-state index contributed by atoms with van der Waals surface area (Å²) >= 11 is 0. The number of aliphatic hydroxyl groups excluding tert-OH is 1. The number of ether oxygens (including phenoxy) is 2. The summed E-state index contributed by atoms with van der Waals surface area (Å²) in [6.45, 7) is 7.05. The minimum Gasteiger partial charge on any atom is -0.444 e. The fraction of sp³-hybridized carbons (Fsp3) is 0.611. The molecule has 1 aromatic rings. The maximum absolute atomic E-state index is 12.1. The molecule has 6 nitrogen and oxygen atoms in total. The Bertz CT molecular complexity index is 530. The van der Waals surface area contributed by atoms with Gasteiger partial charge in [-0.1, -0.05) is 30.3 Å². The SMILES string of the molecule is CN(C(O)OCc1ccccc1)[C@@H]1CCN(C(=O)OC(C)(C)C)C1. The molecule has 1 saturated heterocycles. The monoisotopic (exact) mass is 336 g/mol. The van der Waals surface area contributed by atoms with E-state index in [1.807, 2.05) is 51.1 Å². The van der Waals surface area contributed by atoms with Gasteiger partial charge in [0, 0.05) is 19.1 Å². The van der Waals surface area contributed by atoms with E-state index >= 15 is 0 Å². The Hall–Kier alpha value is -1.63. The first-order chi connectivity index (χ1) is 11.3.